The van der Waals surface area contributed by atoms with E-state index in [1.54, 1.807) is 0 Å². The van der Waals surface area contributed by atoms with Crippen LogP contribution in [-0.2, 0) is 6.61 Å². The number of para-hydroxylation sites is 1. The van der Waals surface area contributed by atoms with E-state index < -0.39 is 5.91 Å². The Hall–Kier alpha value is -3.32. The number of ether oxygens (including phenoxy) is 1. The molecule has 28 heavy (non-hydrogen) atoms. The molecule has 6 nitrogen and oxygen atoms in total. The maximum absolute atomic E-state index is 12.1. The van der Waals surface area contributed by atoms with E-state index in [0.717, 1.165) is 16.1 Å². The first-order valence-corrected chi connectivity index (χ1v) is 9.13. The summed E-state index contributed by atoms with van der Waals surface area (Å²) in [5.41, 5.74) is 4.15. The molecule has 0 radical (unpaired) electrons. The van der Waals surface area contributed by atoms with Crippen LogP contribution in [0.2, 0.25) is 0 Å². The molecule has 7 heteroatoms. The molecule has 0 saturated carbocycles. The average molecular weight is 441 g/mol. The van der Waals surface area contributed by atoms with Crippen molar-refractivity contribution in [1.29, 1.82) is 0 Å². The van der Waals surface area contributed by atoms with Crippen molar-refractivity contribution >= 4 is 28.1 Å². The van der Waals surface area contributed by atoms with Gasteiger partial charge in [0.2, 0.25) is 0 Å². The Balaban J connectivity index is 1.66. The van der Waals surface area contributed by atoms with Crippen LogP contribution in [0, 0.1) is 0 Å². The fourth-order valence-corrected chi connectivity index (χ4v) is 2.90. The van der Waals surface area contributed by atoms with E-state index in [1.165, 1.54) is 18.3 Å². The van der Waals surface area contributed by atoms with Gasteiger partial charge >= 0.3 is 0 Å². The predicted octanol–water partition coefficient (Wildman–Crippen LogP) is 4.20. The minimum Gasteiger partial charge on any atom is -0.508 e. The lowest BCUT2D eigenvalue weighted by molar-refractivity contribution is 0.0954. The molecule has 1 amide bonds. The van der Waals surface area contributed by atoms with Crippen LogP contribution < -0.4 is 10.2 Å². The molecular weight excluding hydrogens is 424 g/mol. The van der Waals surface area contributed by atoms with Crippen molar-refractivity contribution in [2.75, 3.05) is 0 Å². The zero-order valence-corrected chi connectivity index (χ0v) is 16.3. The van der Waals surface area contributed by atoms with Gasteiger partial charge in [-0.25, -0.2) is 5.43 Å². The summed E-state index contributed by atoms with van der Waals surface area (Å²) in [5, 5.41) is 22.8. The summed E-state index contributed by atoms with van der Waals surface area (Å²) in [6, 6.07) is 18.7. The number of hydrogen-bond acceptors (Lipinski definition) is 5. The third-order valence-corrected chi connectivity index (χ3v) is 4.23. The molecule has 0 aliphatic heterocycles. The third kappa shape index (κ3) is 5.34. The maximum atomic E-state index is 12.1. The van der Waals surface area contributed by atoms with E-state index in [1.807, 2.05) is 48.5 Å². The number of nitrogens with one attached hydrogen (secondary N) is 1. The van der Waals surface area contributed by atoms with Gasteiger partial charge in [-0.3, -0.25) is 4.79 Å². The van der Waals surface area contributed by atoms with Crippen LogP contribution in [0.4, 0.5) is 0 Å². The molecule has 3 aromatic carbocycles. The van der Waals surface area contributed by atoms with Gasteiger partial charge in [0.15, 0.2) is 0 Å². The zero-order valence-electron chi connectivity index (χ0n) is 14.7. The van der Waals surface area contributed by atoms with Crippen molar-refractivity contribution in [3.8, 4) is 17.2 Å². The van der Waals surface area contributed by atoms with Crippen molar-refractivity contribution in [2.45, 2.75) is 6.61 Å². The van der Waals surface area contributed by atoms with Crippen LogP contribution in [0.1, 0.15) is 21.5 Å². The molecular formula is C21H17BrN2O4. The molecule has 0 bridgehead atoms. The van der Waals surface area contributed by atoms with Gasteiger partial charge in [-0.15, -0.1) is 0 Å². The Morgan fingerprint density at radius 3 is 2.54 bits per heavy atom. The lowest BCUT2D eigenvalue weighted by Crippen LogP contribution is -2.17. The number of phenols is 2. The summed E-state index contributed by atoms with van der Waals surface area (Å²) >= 11 is 3.43. The van der Waals surface area contributed by atoms with Crippen molar-refractivity contribution in [3.05, 3.63) is 87.9 Å². The maximum Gasteiger partial charge on any atom is 0.271 e. The van der Waals surface area contributed by atoms with Gasteiger partial charge in [0.05, 0.1) is 6.21 Å². The highest BCUT2D eigenvalue weighted by molar-refractivity contribution is 9.10. The largest absolute Gasteiger partial charge is 0.508 e. The fraction of sp³-hybridized carbons (Fsp3) is 0.0476. The Bertz CT molecular complexity index is 1000. The van der Waals surface area contributed by atoms with Crippen molar-refractivity contribution < 1.29 is 19.7 Å². The van der Waals surface area contributed by atoms with Gasteiger partial charge in [-0.2, -0.15) is 5.10 Å². The number of benzene rings is 3. The van der Waals surface area contributed by atoms with E-state index >= 15 is 0 Å². The molecule has 3 rings (SSSR count). The van der Waals surface area contributed by atoms with E-state index in [0.29, 0.717) is 17.9 Å². The normalized spacial score (nSPS) is 10.8. The average Bonchev–Trinajstić information content (AvgIpc) is 2.66. The molecule has 0 unspecified atom stereocenters. The first-order chi connectivity index (χ1) is 13.5. The highest BCUT2D eigenvalue weighted by atomic mass is 79.9. The Morgan fingerprint density at radius 2 is 1.79 bits per heavy atom. The van der Waals surface area contributed by atoms with Crippen LogP contribution in [0.25, 0.3) is 0 Å². The van der Waals surface area contributed by atoms with Crippen LogP contribution in [-0.4, -0.2) is 22.3 Å². The topological polar surface area (TPSA) is 91.2 Å². The number of hydrazone groups is 1. The molecule has 0 spiro atoms. The molecule has 0 heterocycles. The van der Waals surface area contributed by atoms with Crippen LogP contribution in [0.3, 0.4) is 0 Å². The predicted molar refractivity (Wildman–Crippen MR) is 110 cm³/mol. The second-order valence-electron chi connectivity index (χ2n) is 5.89. The molecule has 3 N–H and O–H groups in total. The van der Waals surface area contributed by atoms with E-state index in [4.69, 9.17) is 4.74 Å². The monoisotopic (exact) mass is 440 g/mol. The molecule has 142 valence electrons. The number of phenolic OH excluding ortho intramolecular Hbond substituents is 2. The molecule has 0 atom stereocenters. The molecule has 0 saturated heterocycles. The molecule has 0 fully saturated rings. The van der Waals surface area contributed by atoms with Crippen molar-refractivity contribution in [2.24, 2.45) is 5.10 Å². The number of hydrogen-bond donors (Lipinski definition) is 3. The summed E-state index contributed by atoms with van der Waals surface area (Å²) < 4.78 is 6.84. The highest BCUT2D eigenvalue weighted by Gasteiger charge is 2.08. The van der Waals surface area contributed by atoms with E-state index in [2.05, 4.69) is 26.5 Å². The van der Waals surface area contributed by atoms with Gasteiger partial charge in [0.1, 0.15) is 23.9 Å². The van der Waals surface area contributed by atoms with E-state index in [9.17, 15) is 15.0 Å². The number of rotatable bonds is 6. The summed E-state index contributed by atoms with van der Waals surface area (Å²) in [7, 11) is 0. The first kappa shape index (κ1) is 19.4. The van der Waals surface area contributed by atoms with Crippen LogP contribution in [0.15, 0.2) is 76.3 Å². The lowest BCUT2D eigenvalue weighted by atomic mass is 10.2. The number of carbonyl (C=O) groups is 1. The number of halogens is 1. The summed E-state index contributed by atoms with van der Waals surface area (Å²) in [4.78, 5) is 12.1. The first-order valence-electron chi connectivity index (χ1n) is 8.34. The Kier molecular flexibility index (Phi) is 6.29. The number of nitrogens with zero attached hydrogens (tertiary/aromatic N) is 1. The number of amides is 1. The lowest BCUT2D eigenvalue weighted by Gasteiger charge is -2.09. The minimum atomic E-state index is -0.560. The second-order valence-corrected chi connectivity index (χ2v) is 6.81. The quantitative estimate of drug-likeness (QED) is 0.395. The van der Waals surface area contributed by atoms with Gasteiger partial charge in [0.25, 0.3) is 5.91 Å². The Morgan fingerprint density at radius 1 is 1.04 bits per heavy atom. The van der Waals surface area contributed by atoms with E-state index in [-0.39, 0.29) is 17.1 Å². The highest BCUT2D eigenvalue weighted by Crippen LogP contribution is 2.21. The second kappa shape index (κ2) is 9.05. The van der Waals surface area contributed by atoms with Crippen molar-refractivity contribution in [1.82, 2.24) is 5.43 Å². The van der Waals surface area contributed by atoms with Gasteiger partial charge < -0.3 is 14.9 Å². The molecule has 3 aromatic rings. The summed E-state index contributed by atoms with van der Waals surface area (Å²) in [5.74, 6) is -0.355. The van der Waals surface area contributed by atoms with Crippen LogP contribution >= 0.6 is 15.9 Å². The summed E-state index contributed by atoms with van der Waals surface area (Å²) in [6.07, 6.45) is 1.47. The molecule has 0 aliphatic carbocycles. The Labute approximate surface area is 170 Å². The zero-order chi connectivity index (χ0) is 19.9. The number of aromatic hydroxyl groups is 2. The fourth-order valence-electron chi connectivity index (χ4n) is 2.46. The minimum absolute atomic E-state index is 0.0915. The van der Waals surface area contributed by atoms with Crippen LogP contribution in [0.5, 0.6) is 17.2 Å². The third-order valence-electron chi connectivity index (χ3n) is 3.74. The standard InChI is InChI=1S/C21H17BrN2O4/c22-17-6-3-4-14(8-17)13-28-20-7-2-1-5-15(20)12-23-24-21(27)16-9-18(25)11-19(26)10-16/h1-12,25-26H,13H2,(H,24,27)/b23-12+. The molecule has 0 aliphatic rings. The summed E-state index contributed by atoms with van der Waals surface area (Å²) in [6.45, 7) is 0.388. The van der Waals surface area contributed by atoms with Crippen molar-refractivity contribution in [3.63, 3.8) is 0 Å². The van der Waals surface area contributed by atoms with Gasteiger partial charge in [0, 0.05) is 21.7 Å². The SMILES string of the molecule is O=C(N/N=C/c1ccccc1OCc1cccc(Br)c1)c1cc(O)cc(O)c1. The van der Waals surface area contributed by atoms with Gasteiger partial charge in [-0.05, 0) is 42.0 Å². The molecule has 0 aromatic heterocycles. The number of carbonyl (C=O) groups excluding carboxylic acids is 1. The smallest absolute Gasteiger partial charge is 0.271 e. The van der Waals surface area contributed by atoms with Gasteiger partial charge in [-0.1, -0.05) is 40.2 Å².